The number of nitrogens with one attached hydrogen (secondary N) is 1. The lowest BCUT2D eigenvalue weighted by molar-refractivity contribution is 0.543. The molecule has 130 valence electrons. The molecule has 1 N–H and O–H groups in total. The van der Waals surface area contributed by atoms with E-state index in [4.69, 9.17) is 0 Å². The molecule has 1 aliphatic rings. The summed E-state index contributed by atoms with van der Waals surface area (Å²) in [6.45, 7) is 2.91. The van der Waals surface area contributed by atoms with E-state index in [9.17, 15) is 4.39 Å². The largest absolute Gasteiger partial charge is 0.377 e. The number of fused-ring (bicyclic) bond motifs is 1. The van der Waals surface area contributed by atoms with Crippen LogP contribution in [-0.2, 0) is 26.4 Å². The van der Waals surface area contributed by atoms with Crippen LogP contribution in [0, 0.1) is 5.82 Å². The SMILES string of the molecule is C[C@H](NCc1c2c(nn1C)CCCC2)c1ccc(F)cc1N(C)C. The Morgan fingerprint density at radius 1 is 1.29 bits per heavy atom. The quantitative estimate of drug-likeness (QED) is 0.912. The molecule has 0 saturated carbocycles. The van der Waals surface area contributed by atoms with Crippen LogP contribution in [0.3, 0.4) is 0 Å². The van der Waals surface area contributed by atoms with Crippen molar-refractivity contribution in [2.24, 2.45) is 7.05 Å². The van der Waals surface area contributed by atoms with Gasteiger partial charge >= 0.3 is 0 Å². The Bertz CT molecular complexity index is 720. The zero-order valence-corrected chi connectivity index (χ0v) is 15.1. The van der Waals surface area contributed by atoms with Gasteiger partial charge in [0.2, 0.25) is 0 Å². The summed E-state index contributed by atoms with van der Waals surface area (Å²) in [7, 11) is 5.92. The van der Waals surface area contributed by atoms with Crippen LogP contribution in [0.5, 0.6) is 0 Å². The lowest BCUT2D eigenvalue weighted by Gasteiger charge is -2.23. The van der Waals surface area contributed by atoms with Crippen molar-refractivity contribution >= 4 is 5.69 Å². The lowest BCUT2D eigenvalue weighted by Crippen LogP contribution is -2.23. The summed E-state index contributed by atoms with van der Waals surface area (Å²) < 4.78 is 15.6. The number of anilines is 1. The monoisotopic (exact) mass is 330 g/mol. The summed E-state index contributed by atoms with van der Waals surface area (Å²) in [6.07, 6.45) is 4.73. The van der Waals surface area contributed by atoms with Crippen LogP contribution in [0.2, 0.25) is 0 Å². The van der Waals surface area contributed by atoms with E-state index in [1.807, 2.05) is 36.8 Å². The molecule has 1 atom stereocenters. The maximum absolute atomic E-state index is 13.6. The van der Waals surface area contributed by atoms with Crippen molar-refractivity contribution in [3.05, 3.63) is 46.5 Å². The Morgan fingerprint density at radius 2 is 2.04 bits per heavy atom. The second kappa shape index (κ2) is 6.93. The van der Waals surface area contributed by atoms with Crippen LogP contribution >= 0.6 is 0 Å². The molecule has 0 fully saturated rings. The molecule has 24 heavy (non-hydrogen) atoms. The van der Waals surface area contributed by atoms with Gasteiger partial charge in [-0.05, 0) is 55.9 Å². The number of hydrogen-bond acceptors (Lipinski definition) is 3. The summed E-state index contributed by atoms with van der Waals surface area (Å²) >= 11 is 0. The first-order valence-electron chi connectivity index (χ1n) is 8.71. The van der Waals surface area contributed by atoms with Crippen molar-refractivity contribution < 1.29 is 4.39 Å². The second-order valence-electron chi connectivity index (χ2n) is 6.90. The molecule has 0 unspecified atom stereocenters. The molecule has 1 heterocycles. The molecule has 0 radical (unpaired) electrons. The Kier molecular flexibility index (Phi) is 4.90. The third kappa shape index (κ3) is 3.31. The molecule has 0 bridgehead atoms. The summed E-state index contributed by atoms with van der Waals surface area (Å²) in [5.41, 5.74) is 6.00. The molecule has 3 rings (SSSR count). The van der Waals surface area contributed by atoms with E-state index >= 15 is 0 Å². The number of nitrogens with zero attached hydrogens (tertiary/aromatic N) is 3. The number of aromatic nitrogens is 2. The standard InChI is InChI=1S/C19H27FN4/c1-13(15-10-9-14(20)11-18(15)23(2)3)21-12-19-16-7-5-6-8-17(16)22-24(19)4/h9-11,13,21H,5-8,12H2,1-4H3/t13-/m0/s1. The Hall–Kier alpha value is -1.88. The van der Waals surface area contributed by atoms with Gasteiger partial charge in [-0.1, -0.05) is 6.07 Å². The van der Waals surface area contributed by atoms with E-state index < -0.39 is 0 Å². The van der Waals surface area contributed by atoms with E-state index in [0.717, 1.165) is 30.6 Å². The first-order valence-corrected chi connectivity index (χ1v) is 8.71. The molecular weight excluding hydrogens is 303 g/mol. The summed E-state index contributed by atoms with van der Waals surface area (Å²) in [5.74, 6) is -0.199. The fourth-order valence-electron chi connectivity index (χ4n) is 3.60. The van der Waals surface area contributed by atoms with Gasteiger partial charge in [0.05, 0.1) is 11.4 Å². The summed E-state index contributed by atoms with van der Waals surface area (Å²) in [5, 5.41) is 8.28. The van der Waals surface area contributed by atoms with E-state index in [-0.39, 0.29) is 11.9 Å². The lowest BCUT2D eigenvalue weighted by atomic mass is 9.95. The summed E-state index contributed by atoms with van der Waals surface area (Å²) in [6, 6.07) is 5.14. The smallest absolute Gasteiger partial charge is 0.125 e. The molecule has 4 nitrogen and oxygen atoms in total. The van der Waals surface area contributed by atoms with Gasteiger partial charge in [0, 0.05) is 39.4 Å². The number of hydrogen-bond donors (Lipinski definition) is 1. The number of halogens is 1. The third-order valence-electron chi connectivity index (χ3n) is 4.96. The molecule has 0 aliphatic heterocycles. The van der Waals surface area contributed by atoms with Gasteiger partial charge in [0.1, 0.15) is 5.82 Å². The number of benzene rings is 1. The average molecular weight is 330 g/mol. The van der Waals surface area contributed by atoms with Crippen LogP contribution in [-0.4, -0.2) is 23.9 Å². The Morgan fingerprint density at radius 3 is 2.79 bits per heavy atom. The third-order valence-corrected chi connectivity index (χ3v) is 4.96. The van der Waals surface area contributed by atoms with E-state index in [0.29, 0.717) is 0 Å². The predicted molar refractivity (Wildman–Crippen MR) is 95.8 cm³/mol. The van der Waals surface area contributed by atoms with Gasteiger partial charge in [-0.25, -0.2) is 4.39 Å². The van der Waals surface area contributed by atoms with Crippen LogP contribution < -0.4 is 10.2 Å². The number of aryl methyl sites for hydroxylation is 2. The van der Waals surface area contributed by atoms with Crippen molar-refractivity contribution in [3.8, 4) is 0 Å². The zero-order chi connectivity index (χ0) is 17.3. The molecule has 0 saturated heterocycles. The van der Waals surface area contributed by atoms with Crippen molar-refractivity contribution in [2.45, 2.75) is 45.2 Å². The number of rotatable bonds is 5. The Labute approximate surface area is 143 Å². The fraction of sp³-hybridized carbons (Fsp3) is 0.526. The highest BCUT2D eigenvalue weighted by atomic mass is 19.1. The molecule has 1 aliphatic carbocycles. The Balaban J connectivity index is 1.77. The van der Waals surface area contributed by atoms with Crippen molar-refractivity contribution in [3.63, 3.8) is 0 Å². The van der Waals surface area contributed by atoms with Crippen molar-refractivity contribution in [1.29, 1.82) is 0 Å². The van der Waals surface area contributed by atoms with Crippen molar-refractivity contribution in [1.82, 2.24) is 15.1 Å². The fourth-order valence-corrected chi connectivity index (χ4v) is 3.60. The highest BCUT2D eigenvalue weighted by Crippen LogP contribution is 2.27. The minimum absolute atomic E-state index is 0.136. The van der Waals surface area contributed by atoms with E-state index in [1.54, 1.807) is 6.07 Å². The van der Waals surface area contributed by atoms with Crippen molar-refractivity contribution in [2.75, 3.05) is 19.0 Å². The molecular formula is C19H27FN4. The normalized spacial score (nSPS) is 15.2. The van der Waals surface area contributed by atoms with Gasteiger partial charge in [0.15, 0.2) is 0 Å². The molecule has 2 aromatic rings. The first-order chi connectivity index (χ1) is 11.5. The van der Waals surface area contributed by atoms with Gasteiger partial charge in [-0.3, -0.25) is 4.68 Å². The van der Waals surface area contributed by atoms with E-state index in [1.165, 1.54) is 35.9 Å². The average Bonchev–Trinajstić information content (AvgIpc) is 2.87. The highest BCUT2D eigenvalue weighted by molar-refractivity contribution is 5.54. The van der Waals surface area contributed by atoms with Gasteiger partial charge in [-0.15, -0.1) is 0 Å². The van der Waals surface area contributed by atoms with Gasteiger partial charge in [0.25, 0.3) is 0 Å². The van der Waals surface area contributed by atoms with Gasteiger partial charge < -0.3 is 10.2 Å². The second-order valence-corrected chi connectivity index (χ2v) is 6.90. The minimum Gasteiger partial charge on any atom is -0.377 e. The molecule has 1 aromatic heterocycles. The predicted octanol–water partition coefficient (Wildman–Crippen LogP) is 3.35. The highest BCUT2D eigenvalue weighted by Gasteiger charge is 2.20. The van der Waals surface area contributed by atoms with Crippen LogP contribution in [0.25, 0.3) is 0 Å². The molecule has 0 spiro atoms. The van der Waals surface area contributed by atoms with Gasteiger partial charge in [-0.2, -0.15) is 5.10 Å². The minimum atomic E-state index is -0.199. The zero-order valence-electron chi connectivity index (χ0n) is 15.1. The van der Waals surface area contributed by atoms with E-state index in [2.05, 4.69) is 17.3 Å². The first kappa shape index (κ1) is 17.0. The molecule has 1 aromatic carbocycles. The summed E-state index contributed by atoms with van der Waals surface area (Å²) in [4.78, 5) is 1.96. The molecule has 0 amide bonds. The topological polar surface area (TPSA) is 33.1 Å². The van der Waals surface area contributed by atoms with Crippen LogP contribution in [0.15, 0.2) is 18.2 Å². The van der Waals surface area contributed by atoms with Crippen LogP contribution in [0.1, 0.15) is 48.3 Å². The molecule has 5 heteroatoms. The van der Waals surface area contributed by atoms with Crippen LogP contribution in [0.4, 0.5) is 10.1 Å². The maximum atomic E-state index is 13.6. The maximum Gasteiger partial charge on any atom is 0.125 e.